The second-order valence-electron chi connectivity index (χ2n) is 7.53. The summed E-state index contributed by atoms with van der Waals surface area (Å²) in [6, 6.07) is 1.31. The topological polar surface area (TPSA) is 21.8 Å². The molecule has 0 saturated carbocycles. The average Bonchev–Trinajstić information content (AvgIpc) is 2.33. The number of hydrogen-bond donors (Lipinski definition) is 1. The van der Waals surface area contributed by atoms with E-state index in [2.05, 4.69) is 54.9 Å². The molecule has 0 aliphatic carbocycles. The SMILES string of the molecule is CN1CCN(C)C(CN2CCNC(C(C)(C)C)C2)C1. The van der Waals surface area contributed by atoms with Gasteiger partial charge in [0.1, 0.15) is 0 Å². The van der Waals surface area contributed by atoms with Crippen molar-refractivity contribution in [2.45, 2.75) is 32.9 Å². The number of nitrogens with one attached hydrogen (secondary N) is 1. The van der Waals surface area contributed by atoms with Crippen LogP contribution in [0.2, 0.25) is 0 Å². The minimum absolute atomic E-state index is 0.355. The van der Waals surface area contributed by atoms with Crippen molar-refractivity contribution in [2.24, 2.45) is 5.41 Å². The maximum Gasteiger partial charge on any atom is 0.0347 e. The van der Waals surface area contributed by atoms with E-state index in [1.54, 1.807) is 0 Å². The summed E-state index contributed by atoms with van der Waals surface area (Å²) in [5.74, 6) is 0. The van der Waals surface area contributed by atoms with E-state index in [1.807, 2.05) is 0 Å². The Morgan fingerprint density at radius 3 is 2.47 bits per heavy atom. The first-order valence-corrected chi connectivity index (χ1v) is 7.71. The Balaban J connectivity index is 1.88. The van der Waals surface area contributed by atoms with Gasteiger partial charge < -0.3 is 10.2 Å². The first-order chi connectivity index (χ1) is 8.86. The number of nitrogens with zero attached hydrogens (tertiary/aromatic N) is 3. The van der Waals surface area contributed by atoms with Gasteiger partial charge in [-0.25, -0.2) is 0 Å². The Bertz CT molecular complexity index is 286. The van der Waals surface area contributed by atoms with Crippen LogP contribution in [0.15, 0.2) is 0 Å². The molecule has 0 bridgehead atoms. The van der Waals surface area contributed by atoms with Crippen molar-refractivity contribution in [2.75, 3.05) is 59.9 Å². The molecule has 19 heavy (non-hydrogen) atoms. The maximum atomic E-state index is 3.68. The summed E-state index contributed by atoms with van der Waals surface area (Å²) in [5, 5.41) is 3.68. The molecular weight excluding hydrogens is 236 g/mol. The van der Waals surface area contributed by atoms with Gasteiger partial charge in [-0.1, -0.05) is 20.8 Å². The maximum absolute atomic E-state index is 3.68. The van der Waals surface area contributed by atoms with Gasteiger partial charge in [-0.3, -0.25) is 9.80 Å². The van der Waals surface area contributed by atoms with E-state index in [9.17, 15) is 0 Å². The van der Waals surface area contributed by atoms with Gasteiger partial charge >= 0.3 is 0 Å². The van der Waals surface area contributed by atoms with Crippen molar-refractivity contribution in [1.82, 2.24) is 20.0 Å². The first kappa shape index (κ1) is 15.2. The van der Waals surface area contributed by atoms with Crippen LogP contribution in [0.1, 0.15) is 20.8 Å². The lowest BCUT2D eigenvalue weighted by Crippen LogP contribution is -2.60. The van der Waals surface area contributed by atoms with Crippen LogP contribution in [0.25, 0.3) is 0 Å². The average molecular weight is 268 g/mol. The van der Waals surface area contributed by atoms with E-state index in [-0.39, 0.29) is 0 Å². The van der Waals surface area contributed by atoms with Crippen molar-refractivity contribution in [3.05, 3.63) is 0 Å². The second-order valence-corrected chi connectivity index (χ2v) is 7.53. The predicted octanol–water partition coefficient (Wildman–Crippen LogP) is 0.552. The standard InChI is InChI=1S/C15H32N4/c1-15(2,3)14-12-19(7-6-16-14)11-13-10-17(4)8-9-18(13)5/h13-14,16H,6-12H2,1-5H3. The van der Waals surface area contributed by atoms with Crippen molar-refractivity contribution in [3.63, 3.8) is 0 Å². The van der Waals surface area contributed by atoms with Crippen molar-refractivity contribution in [1.29, 1.82) is 0 Å². The molecule has 0 aromatic carbocycles. The molecule has 0 aromatic rings. The molecule has 2 rings (SSSR count). The number of rotatable bonds is 2. The van der Waals surface area contributed by atoms with Crippen LogP contribution in [0.5, 0.6) is 0 Å². The fourth-order valence-corrected chi connectivity index (χ4v) is 3.15. The molecule has 4 nitrogen and oxygen atoms in total. The van der Waals surface area contributed by atoms with Crippen LogP contribution < -0.4 is 5.32 Å². The molecule has 2 atom stereocenters. The summed E-state index contributed by atoms with van der Waals surface area (Å²) in [5.41, 5.74) is 0.355. The Morgan fingerprint density at radius 1 is 1.05 bits per heavy atom. The second kappa shape index (κ2) is 6.08. The molecule has 2 heterocycles. The highest BCUT2D eigenvalue weighted by molar-refractivity contribution is 4.90. The molecule has 0 spiro atoms. The third kappa shape index (κ3) is 4.15. The Hall–Kier alpha value is -0.160. The van der Waals surface area contributed by atoms with Crippen LogP contribution in [0, 0.1) is 5.41 Å². The molecule has 0 radical (unpaired) electrons. The quantitative estimate of drug-likeness (QED) is 0.789. The van der Waals surface area contributed by atoms with Gasteiger partial charge in [0.15, 0.2) is 0 Å². The third-order valence-electron chi connectivity index (χ3n) is 4.75. The monoisotopic (exact) mass is 268 g/mol. The predicted molar refractivity (Wildman–Crippen MR) is 81.6 cm³/mol. The van der Waals surface area contributed by atoms with Gasteiger partial charge in [-0.15, -0.1) is 0 Å². The van der Waals surface area contributed by atoms with Gasteiger partial charge in [0, 0.05) is 57.9 Å². The van der Waals surface area contributed by atoms with Crippen LogP contribution >= 0.6 is 0 Å². The zero-order valence-corrected chi connectivity index (χ0v) is 13.4. The van der Waals surface area contributed by atoms with Crippen molar-refractivity contribution in [3.8, 4) is 0 Å². The van der Waals surface area contributed by atoms with Crippen LogP contribution in [-0.2, 0) is 0 Å². The minimum atomic E-state index is 0.355. The van der Waals surface area contributed by atoms with Gasteiger partial charge in [-0.2, -0.15) is 0 Å². The highest BCUT2D eigenvalue weighted by atomic mass is 15.3. The van der Waals surface area contributed by atoms with Gasteiger partial charge in [-0.05, 0) is 19.5 Å². The van der Waals surface area contributed by atoms with Gasteiger partial charge in [0.05, 0.1) is 0 Å². The Morgan fingerprint density at radius 2 is 1.79 bits per heavy atom. The third-order valence-corrected chi connectivity index (χ3v) is 4.75. The van der Waals surface area contributed by atoms with Crippen LogP contribution in [0.3, 0.4) is 0 Å². The van der Waals surface area contributed by atoms with E-state index in [1.165, 1.54) is 39.3 Å². The largest absolute Gasteiger partial charge is 0.311 e. The fourth-order valence-electron chi connectivity index (χ4n) is 3.15. The summed E-state index contributed by atoms with van der Waals surface area (Å²) in [6.07, 6.45) is 0. The lowest BCUT2D eigenvalue weighted by atomic mass is 9.85. The fraction of sp³-hybridized carbons (Fsp3) is 1.00. The molecule has 0 aromatic heterocycles. The van der Waals surface area contributed by atoms with Crippen molar-refractivity contribution >= 4 is 0 Å². The highest BCUT2D eigenvalue weighted by Gasteiger charge is 2.31. The summed E-state index contributed by atoms with van der Waals surface area (Å²) in [7, 11) is 4.52. The molecule has 2 aliphatic rings. The van der Waals surface area contributed by atoms with Gasteiger partial charge in [0.2, 0.25) is 0 Å². The lowest BCUT2D eigenvalue weighted by molar-refractivity contribution is 0.0603. The molecule has 1 N–H and O–H groups in total. The number of hydrogen-bond acceptors (Lipinski definition) is 4. The summed E-state index contributed by atoms with van der Waals surface area (Å²) in [6.45, 7) is 15.4. The summed E-state index contributed by atoms with van der Waals surface area (Å²) >= 11 is 0. The molecule has 2 aliphatic heterocycles. The van der Waals surface area contributed by atoms with Gasteiger partial charge in [0.25, 0.3) is 0 Å². The zero-order valence-electron chi connectivity index (χ0n) is 13.4. The minimum Gasteiger partial charge on any atom is -0.311 e. The zero-order chi connectivity index (χ0) is 14.0. The molecule has 0 amide bonds. The normalized spacial score (nSPS) is 32.7. The molecular formula is C15H32N4. The lowest BCUT2D eigenvalue weighted by Gasteiger charge is -2.44. The Labute approximate surface area is 119 Å². The van der Waals surface area contributed by atoms with E-state index in [4.69, 9.17) is 0 Å². The van der Waals surface area contributed by atoms with E-state index in [0.717, 1.165) is 6.54 Å². The van der Waals surface area contributed by atoms with E-state index < -0.39 is 0 Å². The summed E-state index contributed by atoms with van der Waals surface area (Å²) < 4.78 is 0. The summed E-state index contributed by atoms with van der Waals surface area (Å²) in [4.78, 5) is 7.66. The molecule has 4 heteroatoms. The smallest absolute Gasteiger partial charge is 0.0347 e. The molecule has 2 saturated heterocycles. The van der Waals surface area contributed by atoms with E-state index in [0.29, 0.717) is 17.5 Å². The Kier molecular flexibility index (Phi) is 4.88. The van der Waals surface area contributed by atoms with Crippen molar-refractivity contribution < 1.29 is 0 Å². The van der Waals surface area contributed by atoms with Crippen LogP contribution in [0.4, 0.5) is 0 Å². The molecule has 2 fully saturated rings. The number of likely N-dealkylation sites (N-methyl/N-ethyl adjacent to an activating group) is 2. The molecule has 2 unspecified atom stereocenters. The highest BCUT2D eigenvalue weighted by Crippen LogP contribution is 2.22. The number of piperazine rings is 2. The first-order valence-electron chi connectivity index (χ1n) is 7.71. The molecule has 112 valence electrons. The van der Waals surface area contributed by atoms with Crippen LogP contribution in [-0.4, -0.2) is 86.7 Å². The van der Waals surface area contributed by atoms with E-state index >= 15 is 0 Å².